The zero-order valence-electron chi connectivity index (χ0n) is 22.0. The van der Waals surface area contributed by atoms with E-state index in [0.29, 0.717) is 27.0 Å². The number of carbonyl (C=O) groups excluding carboxylic acids is 3. The fourth-order valence-electron chi connectivity index (χ4n) is 5.28. The number of imide groups is 1. The lowest BCUT2D eigenvalue weighted by Crippen LogP contribution is -2.33. The van der Waals surface area contributed by atoms with Crippen LogP contribution in [0.3, 0.4) is 0 Å². The van der Waals surface area contributed by atoms with Gasteiger partial charge in [0, 0.05) is 21.0 Å². The Labute approximate surface area is 252 Å². The van der Waals surface area contributed by atoms with Gasteiger partial charge in [-0.2, -0.15) is 0 Å². The Morgan fingerprint density at radius 3 is 2.41 bits per heavy atom. The second kappa shape index (κ2) is 11.0. The van der Waals surface area contributed by atoms with Gasteiger partial charge in [-0.05, 0) is 61.0 Å². The van der Waals surface area contributed by atoms with E-state index in [0.717, 1.165) is 26.9 Å². The molecule has 2 aliphatic heterocycles. The van der Waals surface area contributed by atoms with Gasteiger partial charge in [-0.25, -0.2) is 4.90 Å². The molecule has 6 rings (SSSR count). The van der Waals surface area contributed by atoms with Gasteiger partial charge in [-0.1, -0.05) is 68.9 Å². The number of rotatable bonds is 6. The van der Waals surface area contributed by atoms with Crippen LogP contribution < -0.4 is 19.8 Å². The Hall–Kier alpha value is -3.67. The highest BCUT2D eigenvalue weighted by Gasteiger charge is 2.56. The third-order valence-electron chi connectivity index (χ3n) is 7.22. The third-order valence-corrected chi connectivity index (χ3v) is 10.3. The van der Waals surface area contributed by atoms with E-state index in [-0.39, 0.29) is 29.1 Å². The number of ether oxygens (including phenoxy) is 1. The number of nitrogens with zero attached hydrogens (tertiary/aromatic N) is 2. The Bertz CT molecular complexity index is 1730. The van der Waals surface area contributed by atoms with Crippen molar-refractivity contribution in [2.45, 2.75) is 29.7 Å². The Morgan fingerprint density at radius 1 is 1.00 bits per heavy atom. The molecular weight excluding hydrogens is 626 g/mol. The summed E-state index contributed by atoms with van der Waals surface area (Å²) in [6, 6.07) is 21.8. The minimum Gasteiger partial charge on any atom is -0.497 e. The molecule has 1 saturated heterocycles. The van der Waals surface area contributed by atoms with Crippen molar-refractivity contribution in [1.29, 1.82) is 0 Å². The van der Waals surface area contributed by atoms with Gasteiger partial charge in [0.1, 0.15) is 17.5 Å². The van der Waals surface area contributed by atoms with Gasteiger partial charge in [0.05, 0.1) is 23.7 Å². The van der Waals surface area contributed by atoms with E-state index in [1.807, 2.05) is 43.3 Å². The largest absolute Gasteiger partial charge is 0.497 e. The first kappa shape index (κ1) is 27.5. The van der Waals surface area contributed by atoms with Gasteiger partial charge >= 0.3 is 4.87 Å². The molecule has 1 fully saturated rings. The number of amides is 3. The number of fused-ring (bicyclic) bond motifs is 2. The molecule has 2 unspecified atom stereocenters. The van der Waals surface area contributed by atoms with Crippen molar-refractivity contribution in [3.05, 3.63) is 103 Å². The lowest BCUT2D eigenvalue weighted by atomic mass is 9.83. The summed E-state index contributed by atoms with van der Waals surface area (Å²) in [6.07, 6.45) is 0. The number of methoxy groups -OCH3 is 1. The summed E-state index contributed by atoms with van der Waals surface area (Å²) >= 11 is 5.74. The number of carbonyl (C=O) groups is 3. The molecule has 1 aromatic heterocycles. The molecule has 2 aliphatic rings. The maximum Gasteiger partial charge on any atom is 0.308 e. The van der Waals surface area contributed by atoms with E-state index in [1.54, 1.807) is 43.5 Å². The molecule has 4 aromatic rings. The van der Waals surface area contributed by atoms with Crippen LogP contribution >= 0.6 is 39.0 Å². The number of anilines is 2. The summed E-state index contributed by atoms with van der Waals surface area (Å²) in [7, 11) is 1.56. The highest BCUT2D eigenvalue weighted by atomic mass is 79.9. The molecule has 41 heavy (non-hydrogen) atoms. The van der Waals surface area contributed by atoms with Crippen LogP contribution in [0, 0.1) is 12.8 Å². The molecule has 0 bridgehead atoms. The standard InChI is InChI=1S/C30H24BrN3O5S2/c1-16-6-10-20(11-7-16)34-27(36)24-23(17-4-3-5-18(31)14-17)26-29(40-25(24)28(34)37)33(30(38)41-26)15-22(35)32-19-8-12-21(39-2)13-9-19/h3-14,23-25H,15H2,1-2H3,(H,32,35)/t23-,24?,25?/m1/s1. The Morgan fingerprint density at radius 2 is 1.73 bits per heavy atom. The predicted molar refractivity (Wildman–Crippen MR) is 163 cm³/mol. The quantitative estimate of drug-likeness (QED) is 0.280. The minimum absolute atomic E-state index is 0.226. The monoisotopic (exact) mass is 649 g/mol. The number of aromatic nitrogens is 1. The van der Waals surface area contributed by atoms with E-state index in [2.05, 4.69) is 21.2 Å². The molecule has 8 nitrogen and oxygen atoms in total. The maximum atomic E-state index is 14.0. The molecule has 0 spiro atoms. The average molecular weight is 651 g/mol. The van der Waals surface area contributed by atoms with E-state index >= 15 is 0 Å². The van der Waals surface area contributed by atoms with E-state index in [9.17, 15) is 19.2 Å². The second-order valence-electron chi connectivity index (χ2n) is 9.84. The number of benzene rings is 3. The maximum absolute atomic E-state index is 14.0. The molecule has 3 heterocycles. The molecule has 11 heteroatoms. The summed E-state index contributed by atoms with van der Waals surface area (Å²) in [4.78, 5) is 55.8. The first-order valence-corrected chi connectivity index (χ1v) is 15.3. The van der Waals surface area contributed by atoms with Crippen LogP contribution in [0.2, 0.25) is 0 Å². The summed E-state index contributed by atoms with van der Waals surface area (Å²) in [5.41, 5.74) is 2.93. The van der Waals surface area contributed by atoms with Crippen molar-refractivity contribution >= 4 is 68.1 Å². The van der Waals surface area contributed by atoms with Crippen molar-refractivity contribution < 1.29 is 19.1 Å². The van der Waals surface area contributed by atoms with Crippen LogP contribution in [-0.2, 0) is 20.9 Å². The van der Waals surface area contributed by atoms with E-state index < -0.39 is 17.1 Å². The molecule has 3 aromatic carbocycles. The normalized spacial score (nSPS) is 19.6. The fourth-order valence-corrected chi connectivity index (χ4v) is 8.47. The van der Waals surface area contributed by atoms with E-state index in [4.69, 9.17) is 4.74 Å². The van der Waals surface area contributed by atoms with Crippen molar-refractivity contribution in [1.82, 2.24) is 4.57 Å². The number of hydrogen-bond donors (Lipinski definition) is 1. The van der Waals surface area contributed by atoms with Gasteiger partial charge in [0.2, 0.25) is 17.7 Å². The van der Waals surface area contributed by atoms with Crippen LogP contribution in [0.25, 0.3) is 0 Å². The average Bonchev–Trinajstić information content (AvgIpc) is 3.40. The van der Waals surface area contributed by atoms with Crippen LogP contribution in [0.5, 0.6) is 5.75 Å². The molecule has 0 saturated carbocycles. The van der Waals surface area contributed by atoms with Crippen LogP contribution in [-0.4, -0.2) is 34.6 Å². The zero-order chi connectivity index (χ0) is 28.8. The summed E-state index contributed by atoms with van der Waals surface area (Å²) in [5, 5.41) is 2.62. The van der Waals surface area contributed by atoms with Gasteiger partial charge < -0.3 is 10.1 Å². The van der Waals surface area contributed by atoms with Gasteiger partial charge in [0.15, 0.2) is 0 Å². The van der Waals surface area contributed by atoms with Crippen molar-refractivity contribution in [2.24, 2.45) is 5.92 Å². The molecule has 208 valence electrons. The lowest BCUT2D eigenvalue weighted by Gasteiger charge is -2.30. The van der Waals surface area contributed by atoms with Crippen molar-refractivity contribution in [2.75, 3.05) is 17.3 Å². The van der Waals surface area contributed by atoms with Gasteiger partial charge in [-0.15, -0.1) is 0 Å². The van der Waals surface area contributed by atoms with Crippen LogP contribution in [0.15, 0.2) is 87.1 Å². The molecule has 1 N–H and O–H groups in total. The minimum atomic E-state index is -0.745. The number of aryl methyl sites for hydroxylation is 1. The smallest absolute Gasteiger partial charge is 0.308 e. The Balaban J connectivity index is 1.39. The number of thiazole rings is 1. The number of hydrogen-bond acceptors (Lipinski definition) is 7. The summed E-state index contributed by atoms with van der Waals surface area (Å²) < 4.78 is 7.40. The predicted octanol–water partition coefficient (Wildman–Crippen LogP) is 5.42. The van der Waals surface area contributed by atoms with Crippen molar-refractivity contribution in [3.8, 4) is 5.75 Å². The molecule has 3 atom stereocenters. The number of nitrogens with one attached hydrogen (secondary N) is 1. The zero-order valence-corrected chi connectivity index (χ0v) is 25.2. The summed E-state index contributed by atoms with van der Waals surface area (Å²) in [5.74, 6) is -1.57. The van der Waals surface area contributed by atoms with Gasteiger partial charge in [0.25, 0.3) is 0 Å². The summed E-state index contributed by atoms with van der Waals surface area (Å²) in [6.45, 7) is 1.72. The molecule has 3 amide bonds. The second-order valence-corrected chi connectivity index (χ2v) is 12.9. The third kappa shape index (κ3) is 5.02. The first-order valence-electron chi connectivity index (χ1n) is 12.8. The molecule has 0 aliphatic carbocycles. The highest BCUT2D eigenvalue weighted by molar-refractivity contribution is 9.10. The SMILES string of the molecule is COc1ccc(NC(=O)Cn2c3c(sc2=O)[C@H](c2cccc(Br)c2)C2C(=O)N(c4ccc(C)cc4)C(=O)C2S3)cc1. The van der Waals surface area contributed by atoms with Gasteiger partial charge in [-0.3, -0.25) is 23.7 Å². The first-order chi connectivity index (χ1) is 19.7. The topological polar surface area (TPSA) is 97.7 Å². The molecular formula is C30H24BrN3O5S2. The van der Waals surface area contributed by atoms with Crippen LogP contribution in [0.4, 0.5) is 11.4 Å². The van der Waals surface area contributed by atoms with Crippen molar-refractivity contribution in [3.63, 3.8) is 0 Å². The van der Waals surface area contributed by atoms with E-state index in [1.165, 1.54) is 21.2 Å². The lowest BCUT2D eigenvalue weighted by molar-refractivity contribution is -0.122. The fraction of sp³-hybridized carbons (Fsp3) is 0.200. The Kier molecular flexibility index (Phi) is 7.35. The number of halogens is 1. The molecule has 0 radical (unpaired) electrons. The van der Waals surface area contributed by atoms with Crippen LogP contribution in [0.1, 0.15) is 21.9 Å². The number of thioether (sulfide) groups is 1. The highest BCUT2D eigenvalue weighted by Crippen LogP contribution is 2.54.